The summed E-state index contributed by atoms with van der Waals surface area (Å²) in [4.78, 5) is 18.6. The summed E-state index contributed by atoms with van der Waals surface area (Å²) >= 11 is 9.48. The van der Waals surface area contributed by atoms with Crippen molar-refractivity contribution in [2.75, 3.05) is 0 Å². The molecule has 0 spiro atoms. The molecule has 0 amide bonds. The minimum atomic E-state index is -0.985. The van der Waals surface area contributed by atoms with Gasteiger partial charge in [0.15, 0.2) is 0 Å². The molecule has 0 aliphatic rings. The third-order valence-electron chi connectivity index (χ3n) is 2.92. The van der Waals surface area contributed by atoms with Crippen molar-refractivity contribution in [2.24, 2.45) is 0 Å². The molecule has 0 atom stereocenters. The van der Waals surface area contributed by atoms with Crippen LogP contribution in [0.3, 0.4) is 0 Å². The fourth-order valence-electron chi connectivity index (χ4n) is 1.98. The molecule has 0 bridgehead atoms. The largest absolute Gasteiger partial charge is 0.478 e. The van der Waals surface area contributed by atoms with Crippen molar-refractivity contribution in [3.8, 4) is 11.4 Å². The highest BCUT2D eigenvalue weighted by atomic mass is 79.9. The van der Waals surface area contributed by atoms with Gasteiger partial charge in [-0.2, -0.15) is 0 Å². The Morgan fingerprint density at radius 1 is 1.30 bits per heavy atom. The fraction of sp³-hybridized carbons (Fsp3) is 0. The number of hydrogen-bond acceptors (Lipinski definition) is 2. The lowest BCUT2D eigenvalue weighted by molar-refractivity contribution is 0.0697. The van der Waals surface area contributed by atoms with Gasteiger partial charge in [0, 0.05) is 10.0 Å². The van der Waals surface area contributed by atoms with E-state index in [1.165, 1.54) is 6.07 Å². The van der Waals surface area contributed by atoms with Gasteiger partial charge in [0.2, 0.25) is 0 Å². The molecular formula is C14H8BrClN2O2. The molecule has 20 heavy (non-hydrogen) atoms. The Hall–Kier alpha value is -1.85. The summed E-state index contributed by atoms with van der Waals surface area (Å²) in [5, 5.41) is 9.64. The maximum atomic E-state index is 11.1. The summed E-state index contributed by atoms with van der Waals surface area (Å²) in [6.07, 6.45) is 0. The SMILES string of the molecule is O=C(O)c1cc(Br)c2nc(-c3ccccc3Cl)[nH]c2c1. The minimum Gasteiger partial charge on any atom is -0.478 e. The van der Waals surface area contributed by atoms with Crippen molar-refractivity contribution in [2.45, 2.75) is 0 Å². The topological polar surface area (TPSA) is 66.0 Å². The summed E-state index contributed by atoms with van der Waals surface area (Å²) in [6, 6.07) is 10.4. The number of rotatable bonds is 2. The van der Waals surface area contributed by atoms with Crippen molar-refractivity contribution in [1.82, 2.24) is 9.97 Å². The number of nitrogens with zero attached hydrogens (tertiary/aromatic N) is 1. The first kappa shape index (κ1) is 13.1. The van der Waals surface area contributed by atoms with Crippen molar-refractivity contribution >= 4 is 44.5 Å². The monoisotopic (exact) mass is 350 g/mol. The molecule has 3 aromatic rings. The second-order valence-electron chi connectivity index (χ2n) is 4.22. The molecule has 2 N–H and O–H groups in total. The molecule has 6 heteroatoms. The molecule has 0 aliphatic carbocycles. The zero-order chi connectivity index (χ0) is 14.3. The van der Waals surface area contributed by atoms with Crippen LogP contribution in [-0.2, 0) is 0 Å². The highest BCUT2D eigenvalue weighted by molar-refractivity contribution is 9.10. The normalized spacial score (nSPS) is 10.9. The van der Waals surface area contributed by atoms with E-state index in [-0.39, 0.29) is 5.56 Å². The van der Waals surface area contributed by atoms with Gasteiger partial charge in [-0.25, -0.2) is 9.78 Å². The van der Waals surface area contributed by atoms with E-state index in [2.05, 4.69) is 25.9 Å². The van der Waals surface area contributed by atoms with Crippen LogP contribution in [0.4, 0.5) is 0 Å². The molecule has 3 rings (SSSR count). The Kier molecular flexibility index (Phi) is 3.23. The van der Waals surface area contributed by atoms with E-state index in [1.807, 2.05) is 18.2 Å². The molecule has 0 saturated carbocycles. The van der Waals surface area contributed by atoms with E-state index in [1.54, 1.807) is 12.1 Å². The molecular weight excluding hydrogens is 344 g/mol. The molecule has 0 aliphatic heterocycles. The van der Waals surface area contributed by atoms with Crippen LogP contribution in [0.15, 0.2) is 40.9 Å². The van der Waals surface area contributed by atoms with Gasteiger partial charge in [-0.3, -0.25) is 0 Å². The molecule has 2 aromatic carbocycles. The zero-order valence-electron chi connectivity index (χ0n) is 10.0. The summed E-state index contributed by atoms with van der Waals surface area (Å²) in [7, 11) is 0. The summed E-state index contributed by atoms with van der Waals surface area (Å²) < 4.78 is 0.627. The quantitative estimate of drug-likeness (QED) is 0.721. The first-order valence-electron chi connectivity index (χ1n) is 5.73. The molecule has 0 fully saturated rings. The second-order valence-corrected chi connectivity index (χ2v) is 5.49. The highest BCUT2D eigenvalue weighted by Crippen LogP contribution is 2.30. The third kappa shape index (κ3) is 2.19. The molecule has 4 nitrogen and oxygen atoms in total. The summed E-state index contributed by atoms with van der Waals surface area (Å²) in [5.74, 6) is -0.379. The highest BCUT2D eigenvalue weighted by Gasteiger charge is 2.13. The van der Waals surface area contributed by atoms with E-state index in [0.717, 1.165) is 5.56 Å². The fourth-order valence-corrected chi connectivity index (χ4v) is 2.75. The standard InChI is InChI=1S/C14H8BrClN2O2/c15-9-5-7(14(19)20)6-11-12(9)18-13(17-11)8-3-1-2-4-10(8)16/h1-6H,(H,17,18)(H,19,20). The maximum absolute atomic E-state index is 11.1. The van der Waals surface area contributed by atoms with E-state index in [9.17, 15) is 4.79 Å². The van der Waals surface area contributed by atoms with Crippen molar-refractivity contribution in [3.05, 3.63) is 51.5 Å². The predicted octanol–water partition coefficient (Wildman–Crippen LogP) is 4.34. The zero-order valence-corrected chi connectivity index (χ0v) is 12.4. The summed E-state index contributed by atoms with van der Waals surface area (Å²) in [6.45, 7) is 0. The second kappa shape index (κ2) is 4.92. The average molecular weight is 352 g/mol. The number of carbonyl (C=O) groups is 1. The Balaban J connectivity index is 2.23. The van der Waals surface area contributed by atoms with Gasteiger partial charge < -0.3 is 10.1 Å². The number of imidazole rings is 1. The van der Waals surface area contributed by atoms with Gasteiger partial charge in [-0.05, 0) is 40.2 Å². The number of nitrogens with one attached hydrogen (secondary N) is 1. The van der Waals surface area contributed by atoms with Crippen LogP contribution in [0.2, 0.25) is 5.02 Å². The van der Waals surface area contributed by atoms with Crippen LogP contribution in [0.25, 0.3) is 22.4 Å². The van der Waals surface area contributed by atoms with Crippen molar-refractivity contribution < 1.29 is 9.90 Å². The third-order valence-corrected chi connectivity index (χ3v) is 3.85. The van der Waals surface area contributed by atoms with Gasteiger partial charge in [0.25, 0.3) is 0 Å². The van der Waals surface area contributed by atoms with Crippen molar-refractivity contribution in [3.63, 3.8) is 0 Å². The lowest BCUT2D eigenvalue weighted by Crippen LogP contribution is -1.95. The van der Waals surface area contributed by atoms with E-state index in [4.69, 9.17) is 16.7 Å². The van der Waals surface area contributed by atoms with Gasteiger partial charge in [0.05, 0.1) is 16.1 Å². The van der Waals surface area contributed by atoms with Gasteiger partial charge >= 0.3 is 5.97 Å². The van der Waals surface area contributed by atoms with Crippen LogP contribution in [0.5, 0.6) is 0 Å². The van der Waals surface area contributed by atoms with Crippen molar-refractivity contribution in [1.29, 1.82) is 0 Å². The molecule has 0 radical (unpaired) electrons. The number of halogens is 2. The Morgan fingerprint density at radius 3 is 2.75 bits per heavy atom. The molecule has 1 heterocycles. The Bertz CT molecular complexity index is 829. The summed E-state index contributed by atoms with van der Waals surface area (Å²) in [5.41, 5.74) is 2.28. The predicted molar refractivity (Wildman–Crippen MR) is 81.2 cm³/mol. The molecule has 1 aromatic heterocycles. The van der Waals surface area contributed by atoms with Crippen LogP contribution < -0.4 is 0 Å². The lowest BCUT2D eigenvalue weighted by Gasteiger charge is -1.98. The minimum absolute atomic E-state index is 0.193. The average Bonchev–Trinajstić information content (AvgIpc) is 2.83. The van der Waals surface area contributed by atoms with Gasteiger partial charge in [-0.15, -0.1) is 0 Å². The Morgan fingerprint density at radius 2 is 2.05 bits per heavy atom. The number of aromatic carboxylic acids is 1. The number of fused-ring (bicyclic) bond motifs is 1. The number of hydrogen-bond donors (Lipinski definition) is 2. The van der Waals surface area contributed by atoms with Crippen LogP contribution in [0.1, 0.15) is 10.4 Å². The number of aromatic nitrogens is 2. The molecule has 100 valence electrons. The maximum Gasteiger partial charge on any atom is 0.335 e. The first-order chi connectivity index (χ1) is 9.56. The van der Waals surface area contributed by atoms with Crippen LogP contribution in [0, 0.1) is 0 Å². The lowest BCUT2D eigenvalue weighted by atomic mass is 10.2. The van der Waals surface area contributed by atoms with Crippen LogP contribution >= 0.6 is 27.5 Å². The first-order valence-corrected chi connectivity index (χ1v) is 6.91. The van der Waals surface area contributed by atoms with E-state index >= 15 is 0 Å². The molecule has 0 saturated heterocycles. The van der Waals surface area contributed by atoms with Gasteiger partial charge in [0.1, 0.15) is 11.3 Å². The number of carboxylic acid groups (broad SMARTS) is 1. The Labute approximate surface area is 127 Å². The van der Waals surface area contributed by atoms with Crippen LogP contribution in [-0.4, -0.2) is 21.0 Å². The number of carboxylic acids is 1. The number of aromatic amines is 1. The van der Waals surface area contributed by atoms with E-state index < -0.39 is 5.97 Å². The molecule has 0 unspecified atom stereocenters. The number of benzene rings is 2. The van der Waals surface area contributed by atoms with E-state index in [0.29, 0.717) is 26.4 Å². The smallest absolute Gasteiger partial charge is 0.335 e. The number of H-pyrrole nitrogens is 1. The van der Waals surface area contributed by atoms with Gasteiger partial charge in [-0.1, -0.05) is 23.7 Å².